The molecule has 5 nitrogen and oxygen atoms in total. The molecule has 0 radical (unpaired) electrons. The van der Waals surface area contributed by atoms with E-state index in [1.165, 1.54) is 38.5 Å². The summed E-state index contributed by atoms with van der Waals surface area (Å²) in [5.74, 6) is 0.943. The van der Waals surface area contributed by atoms with Gasteiger partial charge in [-0.2, -0.15) is 0 Å². The Morgan fingerprint density at radius 3 is 2.30 bits per heavy atom. The number of aliphatic imine (C=N–C) groups is 1. The van der Waals surface area contributed by atoms with E-state index in [1.54, 1.807) is 7.05 Å². The van der Waals surface area contributed by atoms with E-state index in [0.717, 1.165) is 38.4 Å². The lowest BCUT2D eigenvalue weighted by atomic mass is 9.83. The van der Waals surface area contributed by atoms with Crippen LogP contribution in [0.5, 0.6) is 0 Å². The molecule has 1 aliphatic heterocycles. The Bertz CT molecular complexity index is 388. The molecule has 1 saturated heterocycles. The van der Waals surface area contributed by atoms with Crippen molar-refractivity contribution in [3.63, 3.8) is 0 Å². The lowest BCUT2D eigenvalue weighted by Gasteiger charge is -2.29. The summed E-state index contributed by atoms with van der Waals surface area (Å²) in [4.78, 5) is 18.4. The second-order valence-corrected chi connectivity index (χ2v) is 6.78. The first-order chi connectivity index (χ1) is 10.7. The molecule has 0 aromatic carbocycles. The number of halogens is 1. The molecule has 134 valence electrons. The number of carbonyl (C=O) groups is 1. The molecule has 0 aromatic heterocycles. The zero-order valence-electron chi connectivity index (χ0n) is 14.7. The Morgan fingerprint density at radius 2 is 1.74 bits per heavy atom. The highest BCUT2D eigenvalue weighted by molar-refractivity contribution is 14.0. The third-order valence-corrected chi connectivity index (χ3v) is 5.38. The highest BCUT2D eigenvalue weighted by Crippen LogP contribution is 2.40. The largest absolute Gasteiger partial charge is 0.356 e. The van der Waals surface area contributed by atoms with Gasteiger partial charge in [0.2, 0.25) is 5.91 Å². The molecule has 0 bridgehead atoms. The van der Waals surface area contributed by atoms with Crippen LogP contribution in [0.15, 0.2) is 4.99 Å². The Labute approximate surface area is 158 Å². The second-order valence-electron chi connectivity index (χ2n) is 6.78. The highest BCUT2D eigenvalue weighted by Gasteiger charge is 2.31. The summed E-state index contributed by atoms with van der Waals surface area (Å²) >= 11 is 0. The standard InChI is InChI=1S/C17H32N4O.HI/c1-3-17(9-5-6-10-17)14-20-16(18-2)19-13-15(22)21-11-7-4-8-12-21;/h3-14H2,1-2H3,(H2,18,19,20);1H. The van der Waals surface area contributed by atoms with Gasteiger partial charge in [0, 0.05) is 26.7 Å². The van der Waals surface area contributed by atoms with E-state index in [4.69, 9.17) is 0 Å². The van der Waals surface area contributed by atoms with Crippen molar-refractivity contribution >= 4 is 35.8 Å². The zero-order valence-corrected chi connectivity index (χ0v) is 17.0. The van der Waals surface area contributed by atoms with Crippen LogP contribution in [0.4, 0.5) is 0 Å². The molecule has 0 atom stereocenters. The van der Waals surface area contributed by atoms with Crippen molar-refractivity contribution in [2.24, 2.45) is 10.4 Å². The number of hydrogen-bond acceptors (Lipinski definition) is 2. The maximum Gasteiger partial charge on any atom is 0.241 e. The zero-order chi connectivity index (χ0) is 15.8. The van der Waals surface area contributed by atoms with Gasteiger partial charge in [0.15, 0.2) is 5.96 Å². The molecule has 0 spiro atoms. The fraction of sp³-hybridized carbons (Fsp3) is 0.882. The summed E-state index contributed by atoms with van der Waals surface area (Å²) < 4.78 is 0. The minimum Gasteiger partial charge on any atom is -0.356 e. The van der Waals surface area contributed by atoms with Crippen molar-refractivity contribution in [1.82, 2.24) is 15.5 Å². The van der Waals surface area contributed by atoms with Crippen LogP contribution >= 0.6 is 24.0 Å². The quantitative estimate of drug-likeness (QED) is 0.396. The molecule has 0 unspecified atom stereocenters. The number of rotatable bonds is 5. The van der Waals surface area contributed by atoms with Crippen molar-refractivity contribution in [3.8, 4) is 0 Å². The lowest BCUT2D eigenvalue weighted by Crippen LogP contribution is -2.47. The van der Waals surface area contributed by atoms with Gasteiger partial charge in [0.25, 0.3) is 0 Å². The molecule has 2 aliphatic rings. The molecule has 1 aliphatic carbocycles. The molecule has 2 fully saturated rings. The van der Waals surface area contributed by atoms with Crippen molar-refractivity contribution < 1.29 is 4.79 Å². The van der Waals surface area contributed by atoms with Crippen LogP contribution in [-0.4, -0.2) is 50.0 Å². The van der Waals surface area contributed by atoms with E-state index in [-0.39, 0.29) is 29.9 Å². The predicted molar refractivity (Wildman–Crippen MR) is 106 cm³/mol. The van der Waals surface area contributed by atoms with E-state index < -0.39 is 0 Å². The number of hydrogen-bond donors (Lipinski definition) is 2. The van der Waals surface area contributed by atoms with E-state index in [2.05, 4.69) is 22.5 Å². The van der Waals surface area contributed by atoms with Crippen LogP contribution in [0, 0.1) is 5.41 Å². The molecular formula is C17H33IN4O. The maximum atomic E-state index is 12.2. The van der Waals surface area contributed by atoms with Gasteiger partial charge in [-0.1, -0.05) is 19.8 Å². The summed E-state index contributed by atoms with van der Waals surface area (Å²) in [6, 6.07) is 0. The first kappa shape index (κ1) is 20.5. The average Bonchev–Trinajstić information content (AvgIpc) is 3.05. The smallest absolute Gasteiger partial charge is 0.241 e. The molecule has 2 rings (SSSR count). The normalized spacial score (nSPS) is 20.8. The third kappa shape index (κ3) is 6.12. The molecule has 1 heterocycles. The van der Waals surface area contributed by atoms with E-state index in [1.807, 2.05) is 4.90 Å². The van der Waals surface area contributed by atoms with Crippen molar-refractivity contribution in [2.75, 3.05) is 33.2 Å². The number of guanidine groups is 1. The molecule has 1 saturated carbocycles. The maximum absolute atomic E-state index is 12.2. The molecule has 1 amide bonds. The summed E-state index contributed by atoms with van der Waals surface area (Å²) in [7, 11) is 1.77. The Kier molecular flexibility index (Phi) is 9.24. The number of amides is 1. The first-order valence-electron chi connectivity index (χ1n) is 8.91. The van der Waals surface area contributed by atoms with Crippen LogP contribution in [-0.2, 0) is 4.79 Å². The number of likely N-dealkylation sites (tertiary alicyclic amines) is 1. The van der Waals surface area contributed by atoms with Gasteiger partial charge in [-0.3, -0.25) is 9.79 Å². The Morgan fingerprint density at radius 1 is 1.09 bits per heavy atom. The van der Waals surface area contributed by atoms with E-state index >= 15 is 0 Å². The van der Waals surface area contributed by atoms with Gasteiger partial charge in [-0.25, -0.2) is 0 Å². The van der Waals surface area contributed by atoms with E-state index in [0.29, 0.717) is 12.0 Å². The highest BCUT2D eigenvalue weighted by atomic mass is 127. The summed E-state index contributed by atoms with van der Waals surface area (Å²) in [5.41, 5.74) is 0.425. The van der Waals surface area contributed by atoms with Crippen molar-refractivity contribution in [1.29, 1.82) is 0 Å². The van der Waals surface area contributed by atoms with Crippen LogP contribution in [0.3, 0.4) is 0 Å². The average molecular weight is 436 g/mol. The van der Waals surface area contributed by atoms with Gasteiger partial charge < -0.3 is 15.5 Å². The summed E-state index contributed by atoms with van der Waals surface area (Å²) in [6.45, 7) is 5.40. The minimum absolute atomic E-state index is 0. The SMILES string of the molecule is CCC1(CNC(=NC)NCC(=O)N2CCCCC2)CCCC1.I. The monoisotopic (exact) mass is 436 g/mol. The Hall–Kier alpha value is -0.530. The van der Waals surface area contributed by atoms with Gasteiger partial charge in [0.1, 0.15) is 0 Å². The van der Waals surface area contributed by atoms with Crippen LogP contribution in [0.1, 0.15) is 58.3 Å². The van der Waals surface area contributed by atoms with Crippen LogP contribution < -0.4 is 10.6 Å². The van der Waals surface area contributed by atoms with Crippen LogP contribution in [0.2, 0.25) is 0 Å². The van der Waals surface area contributed by atoms with Gasteiger partial charge in [0.05, 0.1) is 6.54 Å². The Balaban J connectivity index is 0.00000264. The summed E-state index contributed by atoms with van der Waals surface area (Å²) in [6.07, 6.45) is 10.0. The predicted octanol–water partition coefficient (Wildman–Crippen LogP) is 2.75. The first-order valence-corrected chi connectivity index (χ1v) is 8.91. The van der Waals surface area contributed by atoms with Gasteiger partial charge in [-0.05, 0) is 43.9 Å². The molecule has 0 aromatic rings. The fourth-order valence-electron chi connectivity index (χ4n) is 3.69. The van der Waals surface area contributed by atoms with Crippen molar-refractivity contribution in [2.45, 2.75) is 58.3 Å². The summed E-state index contributed by atoms with van der Waals surface area (Å²) in [5, 5.41) is 6.61. The fourth-order valence-corrected chi connectivity index (χ4v) is 3.69. The molecule has 2 N–H and O–H groups in total. The number of nitrogens with one attached hydrogen (secondary N) is 2. The molecular weight excluding hydrogens is 403 g/mol. The van der Waals surface area contributed by atoms with Gasteiger partial charge in [-0.15, -0.1) is 24.0 Å². The topological polar surface area (TPSA) is 56.7 Å². The van der Waals surface area contributed by atoms with Crippen molar-refractivity contribution in [3.05, 3.63) is 0 Å². The second kappa shape index (κ2) is 10.4. The molecule has 6 heteroatoms. The minimum atomic E-state index is 0. The molecule has 23 heavy (non-hydrogen) atoms. The lowest BCUT2D eigenvalue weighted by molar-refractivity contribution is -0.130. The van der Waals surface area contributed by atoms with Crippen LogP contribution in [0.25, 0.3) is 0 Å². The van der Waals surface area contributed by atoms with Gasteiger partial charge >= 0.3 is 0 Å². The number of piperidine rings is 1. The third-order valence-electron chi connectivity index (χ3n) is 5.38. The van der Waals surface area contributed by atoms with E-state index in [9.17, 15) is 4.79 Å². The number of carbonyl (C=O) groups excluding carboxylic acids is 1. The number of nitrogens with zero attached hydrogens (tertiary/aromatic N) is 2.